The van der Waals surface area contributed by atoms with Crippen molar-refractivity contribution in [1.82, 2.24) is 0 Å². The minimum atomic E-state index is -2.78. The molecule has 0 bridgehead atoms. The molecule has 5 nitrogen and oxygen atoms in total. The summed E-state index contributed by atoms with van der Waals surface area (Å²) in [5, 5.41) is 12.3. The van der Waals surface area contributed by atoms with Gasteiger partial charge in [0.1, 0.15) is 0 Å². The first-order chi connectivity index (χ1) is 16.9. The first-order valence-electron chi connectivity index (χ1n) is 12.6. The Labute approximate surface area is 217 Å². The Balaban J connectivity index is 1.82. The van der Waals surface area contributed by atoms with Gasteiger partial charge >= 0.3 is 7.12 Å². The highest BCUT2D eigenvalue weighted by Gasteiger charge is 2.53. The van der Waals surface area contributed by atoms with Gasteiger partial charge in [0, 0.05) is 5.56 Å². The molecule has 3 aromatic rings. The Morgan fingerprint density at radius 2 is 1.31 bits per heavy atom. The minimum absolute atomic E-state index is 0.165. The van der Waals surface area contributed by atoms with Crippen molar-refractivity contribution < 1.29 is 18.9 Å². The van der Waals surface area contributed by atoms with Gasteiger partial charge in [0.2, 0.25) is 0 Å². The second-order valence-corrected chi connectivity index (χ2v) is 15.8. The van der Waals surface area contributed by atoms with Crippen LogP contribution in [-0.4, -0.2) is 31.8 Å². The SMILES string of the molecule is CC1(C)OB(c2cccc(NO)c2CO[Si](c2ccccc2)(c2ccccc2)C(C)(C)C)OC1(C)C. The zero-order valence-electron chi connectivity index (χ0n) is 22.5. The smallest absolute Gasteiger partial charge is 0.403 e. The standard InChI is InChI=1S/C29H38BNO4Si/c1-27(2,3)36(22-15-10-8-11-16-22,23-17-12-9-13-18-23)33-21-24-25(19-14-20-26(24)31-32)30-34-28(4,5)29(6,7)35-30/h8-20,31-32H,21H2,1-7H3. The summed E-state index contributed by atoms with van der Waals surface area (Å²) in [7, 11) is -3.35. The van der Waals surface area contributed by atoms with Gasteiger partial charge in [-0.05, 0) is 54.6 Å². The molecule has 4 rings (SSSR count). The monoisotopic (exact) mass is 503 g/mol. The van der Waals surface area contributed by atoms with Gasteiger partial charge in [-0.2, -0.15) is 0 Å². The molecule has 0 aliphatic carbocycles. The first-order valence-corrected chi connectivity index (χ1v) is 14.5. The van der Waals surface area contributed by atoms with Gasteiger partial charge in [-0.15, -0.1) is 0 Å². The molecule has 0 aromatic heterocycles. The predicted molar refractivity (Wildman–Crippen MR) is 150 cm³/mol. The van der Waals surface area contributed by atoms with Crippen molar-refractivity contribution >= 4 is 37.0 Å². The van der Waals surface area contributed by atoms with Crippen molar-refractivity contribution in [3.63, 3.8) is 0 Å². The molecule has 1 aliphatic heterocycles. The third-order valence-electron chi connectivity index (χ3n) is 7.69. The van der Waals surface area contributed by atoms with Gasteiger partial charge in [0.15, 0.2) is 0 Å². The van der Waals surface area contributed by atoms with Crippen LogP contribution in [0.1, 0.15) is 54.0 Å². The quantitative estimate of drug-likeness (QED) is 0.356. The lowest BCUT2D eigenvalue weighted by Crippen LogP contribution is -2.66. The summed E-state index contributed by atoms with van der Waals surface area (Å²) in [5.41, 5.74) is 3.69. The molecule has 190 valence electrons. The summed E-state index contributed by atoms with van der Waals surface area (Å²) >= 11 is 0. The largest absolute Gasteiger partial charge is 0.495 e. The van der Waals surface area contributed by atoms with Crippen LogP contribution in [0, 0.1) is 0 Å². The summed E-state index contributed by atoms with van der Waals surface area (Å²) in [6.07, 6.45) is 0. The topological polar surface area (TPSA) is 60.0 Å². The van der Waals surface area contributed by atoms with E-state index in [9.17, 15) is 5.21 Å². The summed E-state index contributed by atoms with van der Waals surface area (Å²) in [6.45, 7) is 15.2. The highest BCUT2D eigenvalue weighted by molar-refractivity contribution is 6.99. The highest BCUT2D eigenvalue weighted by Crippen LogP contribution is 2.39. The molecule has 1 heterocycles. The van der Waals surface area contributed by atoms with Crippen molar-refractivity contribution in [2.45, 2.75) is 71.3 Å². The second kappa shape index (κ2) is 9.80. The molecule has 0 unspecified atom stereocenters. The number of hydrogen-bond donors (Lipinski definition) is 2. The average molecular weight is 504 g/mol. The molecule has 0 saturated carbocycles. The molecule has 1 aliphatic rings. The van der Waals surface area contributed by atoms with Gasteiger partial charge in [-0.1, -0.05) is 93.6 Å². The van der Waals surface area contributed by atoms with Gasteiger partial charge in [0.05, 0.1) is 23.5 Å². The van der Waals surface area contributed by atoms with Crippen molar-refractivity contribution in [1.29, 1.82) is 0 Å². The number of rotatable bonds is 7. The molecule has 0 atom stereocenters. The first kappa shape index (κ1) is 26.6. The van der Waals surface area contributed by atoms with Gasteiger partial charge in [-0.25, -0.2) is 0 Å². The Morgan fingerprint density at radius 1 is 0.806 bits per heavy atom. The lowest BCUT2D eigenvalue weighted by Gasteiger charge is -2.43. The number of hydrogen-bond acceptors (Lipinski definition) is 5. The summed E-state index contributed by atoms with van der Waals surface area (Å²) in [6, 6.07) is 26.8. The molecule has 1 fully saturated rings. The number of anilines is 1. The molecule has 0 radical (unpaired) electrons. The summed E-state index contributed by atoms with van der Waals surface area (Å²) in [4.78, 5) is 0. The maximum atomic E-state index is 10.0. The van der Waals surface area contributed by atoms with Gasteiger partial charge in [0.25, 0.3) is 8.32 Å². The molecule has 1 saturated heterocycles. The molecule has 3 aromatic carbocycles. The predicted octanol–water partition coefficient (Wildman–Crippen LogP) is 4.86. The van der Waals surface area contributed by atoms with Crippen LogP contribution in [0.3, 0.4) is 0 Å². The van der Waals surface area contributed by atoms with E-state index >= 15 is 0 Å². The van der Waals surface area contributed by atoms with Crippen LogP contribution >= 0.6 is 0 Å². The van der Waals surface area contributed by atoms with E-state index in [4.69, 9.17) is 13.7 Å². The molecular weight excluding hydrogens is 465 g/mol. The maximum Gasteiger partial charge on any atom is 0.495 e. The molecule has 0 amide bonds. The Bertz CT molecular complexity index is 1120. The average Bonchev–Trinajstić information content (AvgIpc) is 3.06. The van der Waals surface area contributed by atoms with E-state index in [2.05, 4.69) is 74.8 Å². The van der Waals surface area contributed by atoms with Crippen molar-refractivity contribution in [2.75, 3.05) is 5.48 Å². The summed E-state index contributed by atoms with van der Waals surface area (Å²) < 4.78 is 19.9. The Hall–Kier alpha value is -2.42. The lowest BCUT2D eigenvalue weighted by molar-refractivity contribution is 0.00578. The van der Waals surface area contributed by atoms with Gasteiger partial charge in [-0.3, -0.25) is 10.7 Å². The maximum absolute atomic E-state index is 10.0. The number of benzene rings is 3. The van der Waals surface area contributed by atoms with Crippen LogP contribution < -0.4 is 21.3 Å². The summed E-state index contributed by atoms with van der Waals surface area (Å²) in [5.74, 6) is 0. The zero-order chi connectivity index (χ0) is 26.2. The zero-order valence-corrected chi connectivity index (χ0v) is 23.5. The van der Waals surface area contributed by atoms with Crippen LogP contribution in [0.15, 0.2) is 78.9 Å². The van der Waals surface area contributed by atoms with Crippen LogP contribution in [0.25, 0.3) is 0 Å². The molecule has 36 heavy (non-hydrogen) atoms. The third-order valence-corrected chi connectivity index (χ3v) is 12.7. The van der Waals surface area contributed by atoms with E-state index in [1.165, 1.54) is 10.4 Å². The van der Waals surface area contributed by atoms with E-state index in [1.54, 1.807) is 0 Å². The van der Waals surface area contributed by atoms with Crippen LogP contribution in [0.4, 0.5) is 5.69 Å². The highest BCUT2D eigenvalue weighted by atomic mass is 28.4. The minimum Gasteiger partial charge on any atom is -0.403 e. The van der Waals surface area contributed by atoms with E-state index in [0.717, 1.165) is 11.0 Å². The van der Waals surface area contributed by atoms with Crippen LogP contribution in [-0.2, 0) is 20.3 Å². The molecule has 0 spiro atoms. The van der Waals surface area contributed by atoms with E-state index in [-0.39, 0.29) is 11.6 Å². The van der Waals surface area contributed by atoms with Crippen molar-refractivity contribution in [3.05, 3.63) is 84.4 Å². The normalized spacial score (nSPS) is 17.3. The number of nitrogens with one attached hydrogen (secondary N) is 1. The molecule has 2 N–H and O–H groups in total. The third kappa shape index (κ3) is 4.66. The van der Waals surface area contributed by atoms with Crippen molar-refractivity contribution in [3.8, 4) is 0 Å². The Morgan fingerprint density at radius 3 is 1.75 bits per heavy atom. The fourth-order valence-electron chi connectivity index (χ4n) is 5.00. The lowest BCUT2D eigenvalue weighted by atomic mass is 9.75. The van der Waals surface area contributed by atoms with E-state index in [0.29, 0.717) is 5.69 Å². The Kier molecular flexibility index (Phi) is 7.25. The van der Waals surface area contributed by atoms with Gasteiger partial charge < -0.3 is 13.7 Å². The van der Waals surface area contributed by atoms with E-state index < -0.39 is 26.6 Å². The molecular formula is C29H38BNO4Si. The van der Waals surface area contributed by atoms with E-state index in [1.807, 2.05) is 58.0 Å². The fourth-order valence-corrected chi connectivity index (χ4v) is 9.52. The molecule has 7 heteroatoms. The van der Waals surface area contributed by atoms with Crippen molar-refractivity contribution in [2.24, 2.45) is 0 Å². The fraction of sp³-hybridized carbons (Fsp3) is 0.379. The van der Waals surface area contributed by atoms with Crippen LogP contribution in [0.2, 0.25) is 5.04 Å². The van der Waals surface area contributed by atoms with Crippen LogP contribution in [0.5, 0.6) is 0 Å². The second-order valence-electron chi connectivity index (χ2n) is 11.5.